The lowest BCUT2D eigenvalue weighted by atomic mass is 9.81. The highest BCUT2D eigenvalue weighted by Gasteiger charge is 2.29. The van der Waals surface area contributed by atoms with Crippen LogP contribution in [0.2, 0.25) is 0 Å². The Bertz CT molecular complexity index is 487. The monoisotopic (exact) mass is 305 g/mol. The maximum Gasteiger partial charge on any atom is 0.306 e. The van der Waals surface area contributed by atoms with Crippen LogP contribution in [-0.2, 0) is 9.53 Å². The molecule has 5 heteroatoms. The third kappa shape index (κ3) is 6.08. The number of benzene rings is 1. The van der Waals surface area contributed by atoms with Crippen molar-refractivity contribution in [2.75, 3.05) is 13.2 Å². The number of hydrogen-bond acceptors (Lipinski definition) is 4. The minimum atomic E-state index is -0.316. The highest BCUT2D eigenvalue weighted by molar-refractivity contribution is 5.70. The molecule has 0 spiro atoms. The van der Waals surface area contributed by atoms with E-state index in [4.69, 9.17) is 4.74 Å². The summed E-state index contributed by atoms with van der Waals surface area (Å²) in [5, 5.41) is 11.0. The predicted molar refractivity (Wildman–Crippen MR) is 85.2 cm³/mol. The van der Waals surface area contributed by atoms with E-state index < -0.39 is 0 Å². The lowest BCUT2D eigenvalue weighted by Crippen LogP contribution is -2.24. The zero-order valence-electron chi connectivity index (χ0n) is 12.9. The SMILES string of the molecule is C=CCC[C@@H](C[N+](=O)[O-])[C@H](CC(=O)OCC)c1ccccc1. The zero-order chi connectivity index (χ0) is 16.4. The van der Waals surface area contributed by atoms with Crippen LogP contribution in [0.5, 0.6) is 0 Å². The van der Waals surface area contributed by atoms with Crippen molar-refractivity contribution in [3.63, 3.8) is 0 Å². The fourth-order valence-corrected chi connectivity index (χ4v) is 2.60. The minimum Gasteiger partial charge on any atom is -0.466 e. The van der Waals surface area contributed by atoms with Crippen molar-refractivity contribution in [1.29, 1.82) is 0 Å². The molecule has 0 fully saturated rings. The Morgan fingerprint density at radius 2 is 2.09 bits per heavy atom. The molecular formula is C17H23NO4. The summed E-state index contributed by atoms with van der Waals surface area (Å²) in [6.07, 6.45) is 3.22. The number of rotatable bonds is 10. The molecule has 0 unspecified atom stereocenters. The van der Waals surface area contributed by atoms with Gasteiger partial charge < -0.3 is 4.74 Å². The Kier molecular flexibility index (Phi) is 7.89. The van der Waals surface area contributed by atoms with Crippen LogP contribution in [0.25, 0.3) is 0 Å². The van der Waals surface area contributed by atoms with Crippen LogP contribution in [-0.4, -0.2) is 24.0 Å². The van der Waals surface area contributed by atoms with Gasteiger partial charge in [0.1, 0.15) is 0 Å². The van der Waals surface area contributed by atoms with Crippen LogP contribution in [0.3, 0.4) is 0 Å². The summed E-state index contributed by atoms with van der Waals surface area (Å²) in [6, 6.07) is 9.46. The van der Waals surface area contributed by atoms with E-state index in [1.54, 1.807) is 13.0 Å². The number of esters is 1. The average molecular weight is 305 g/mol. The normalized spacial score (nSPS) is 13.1. The van der Waals surface area contributed by atoms with Crippen molar-refractivity contribution >= 4 is 5.97 Å². The van der Waals surface area contributed by atoms with Gasteiger partial charge in [-0.1, -0.05) is 36.4 Å². The Hall–Kier alpha value is -2.17. The standard InChI is InChI=1S/C17H23NO4/c1-3-5-9-15(13-18(20)21)16(12-17(19)22-4-2)14-10-7-6-8-11-14/h3,6-8,10-11,15-16H,1,4-5,9,12-13H2,2H3/t15-,16+/m0/s1. The van der Waals surface area contributed by atoms with Crippen LogP contribution in [0, 0.1) is 16.0 Å². The van der Waals surface area contributed by atoms with Crippen molar-refractivity contribution in [1.82, 2.24) is 0 Å². The third-order valence-electron chi connectivity index (χ3n) is 3.61. The smallest absolute Gasteiger partial charge is 0.306 e. The van der Waals surface area contributed by atoms with Gasteiger partial charge in [-0.3, -0.25) is 14.9 Å². The van der Waals surface area contributed by atoms with E-state index in [-0.39, 0.29) is 35.7 Å². The first-order valence-electron chi connectivity index (χ1n) is 7.51. The Balaban J connectivity index is 3.00. The second-order valence-electron chi connectivity index (χ2n) is 5.17. The van der Waals surface area contributed by atoms with E-state index in [1.807, 2.05) is 30.3 Å². The maximum absolute atomic E-state index is 11.9. The van der Waals surface area contributed by atoms with Gasteiger partial charge in [-0.25, -0.2) is 0 Å². The van der Waals surface area contributed by atoms with Crippen molar-refractivity contribution in [3.8, 4) is 0 Å². The highest BCUT2D eigenvalue weighted by Crippen LogP contribution is 2.32. The fourth-order valence-electron chi connectivity index (χ4n) is 2.60. The lowest BCUT2D eigenvalue weighted by Gasteiger charge is -2.24. The van der Waals surface area contributed by atoms with Crippen molar-refractivity contribution in [2.45, 2.75) is 32.1 Å². The van der Waals surface area contributed by atoms with Crippen LogP contribution >= 0.6 is 0 Å². The number of ether oxygens (including phenoxy) is 1. The first-order valence-corrected chi connectivity index (χ1v) is 7.51. The molecule has 1 rings (SSSR count). The van der Waals surface area contributed by atoms with Gasteiger partial charge in [0.25, 0.3) is 0 Å². The van der Waals surface area contributed by atoms with Gasteiger partial charge in [0, 0.05) is 16.8 Å². The van der Waals surface area contributed by atoms with Crippen LogP contribution in [0.15, 0.2) is 43.0 Å². The molecule has 0 radical (unpaired) electrons. The van der Waals surface area contributed by atoms with E-state index in [1.165, 1.54) is 0 Å². The molecule has 2 atom stereocenters. The van der Waals surface area contributed by atoms with E-state index in [0.29, 0.717) is 19.4 Å². The Labute approximate surface area is 131 Å². The molecule has 0 bridgehead atoms. The van der Waals surface area contributed by atoms with E-state index in [9.17, 15) is 14.9 Å². The Morgan fingerprint density at radius 1 is 1.41 bits per heavy atom. The summed E-state index contributed by atoms with van der Waals surface area (Å²) < 4.78 is 5.02. The Morgan fingerprint density at radius 3 is 2.64 bits per heavy atom. The number of carbonyl (C=O) groups is 1. The summed E-state index contributed by atoms with van der Waals surface area (Å²) in [4.78, 5) is 22.6. The number of carbonyl (C=O) groups excluding carboxylic acids is 1. The first kappa shape index (κ1) is 17.9. The second kappa shape index (κ2) is 9.71. The molecule has 0 amide bonds. The average Bonchev–Trinajstić information content (AvgIpc) is 2.50. The molecule has 0 saturated carbocycles. The molecule has 0 aliphatic heterocycles. The molecule has 0 heterocycles. The number of allylic oxidation sites excluding steroid dienone is 1. The predicted octanol–water partition coefficient (Wildman–Crippen LogP) is 3.58. The van der Waals surface area contributed by atoms with Gasteiger partial charge in [-0.15, -0.1) is 6.58 Å². The van der Waals surface area contributed by atoms with E-state index in [2.05, 4.69) is 6.58 Å². The summed E-state index contributed by atoms with van der Waals surface area (Å²) in [5.41, 5.74) is 0.937. The fraction of sp³-hybridized carbons (Fsp3) is 0.471. The lowest BCUT2D eigenvalue weighted by molar-refractivity contribution is -0.489. The molecule has 5 nitrogen and oxygen atoms in total. The van der Waals surface area contributed by atoms with Crippen LogP contribution < -0.4 is 0 Å². The van der Waals surface area contributed by atoms with Crippen molar-refractivity contribution in [2.24, 2.45) is 5.92 Å². The molecular weight excluding hydrogens is 282 g/mol. The van der Waals surface area contributed by atoms with Crippen LogP contribution in [0.4, 0.5) is 0 Å². The number of hydrogen-bond donors (Lipinski definition) is 0. The van der Waals surface area contributed by atoms with Gasteiger partial charge in [-0.05, 0) is 25.3 Å². The molecule has 0 aliphatic carbocycles. The van der Waals surface area contributed by atoms with Gasteiger partial charge in [0.05, 0.1) is 13.0 Å². The number of nitro groups is 1. The molecule has 1 aromatic rings. The van der Waals surface area contributed by atoms with Gasteiger partial charge in [0.2, 0.25) is 6.54 Å². The van der Waals surface area contributed by atoms with E-state index >= 15 is 0 Å². The van der Waals surface area contributed by atoms with Gasteiger partial charge in [-0.2, -0.15) is 0 Å². The summed E-state index contributed by atoms with van der Waals surface area (Å²) >= 11 is 0. The zero-order valence-corrected chi connectivity index (χ0v) is 12.9. The van der Waals surface area contributed by atoms with Gasteiger partial charge >= 0.3 is 5.97 Å². The quantitative estimate of drug-likeness (QED) is 0.287. The molecule has 120 valence electrons. The second-order valence-corrected chi connectivity index (χ2v) is 5.17. The van der Waals surface area contributed by atoms with E-state index in [0.717, 1.165) is 5.56 Å². The third-order valence-corrected chi connectivity index (χ3v) is 3.61. The maximum atomic E-state index is 11.9. The molecule has 1 aromatic carbocycles. The van der Waals surface area contributed by atoms with Crippen molar-refractivity contribution in [3.05, 3.63) is 58.7 Å². The largest absolute Gasteiger partial charge is 0.466 e. The first-order chi connectivity index (χ1) is 10.6. The molecule has 22 heavy (non-hydrogen) atoms. The molecule has 0 N–H and O–H groups in total. The van der Waals surface area contributed by atoms with Gasteiger partial charge in [0.15, 0.2) is 0 Å². The minimum absolute atomic E-state index is 0.160. The molecule has 0 aromatic heterocycles. The van der Waals surface area contributed by atoms with Crippen molar-refractivity contribution < 1.29 is 14.5 Å². The molecule has 0 saturated heterocycles. The summed E-state index contributed by atoms with van der Waals surface area (Å²) in [6.45, 7) is 5.58. The topological polar surface area (TPSA) is 69.4 Å². The number of nitrogens with zero attached hydrogens (tertiary/aromatic N) is 1. The summed E-state index contributed by atoms with van der Waals surface area (Å²) in [5.74, 6) is -0.756. The summed E-state index contributed by atoms with van der Waals surface area (Å²) in [7, 11) is 0. The molecule has 0 aliphatic rings. The van der Waals surface area contributed by atoms with Crippen LogP contribution in [0.1, 0.15) is 37.7 Å². The highest BCUT2D eigenvalue weighted by atomic mass is 16.6.